The third-order valence-electron chi connectivity index (χ3n) is 3.68. The SMILES string of the molecule is CN(C)S(=O)(=O)c1cccc(C(=O)N/N=C/c2cn[nH]c2-c2cccs2)c1. The van der Waals surface area contributed by atoms with E-state index in [0.29, 0.717) is 0 Å². The Labute approximate surface area is 160 Å². The number of aromatic nitrogens is 2. The number of benzene rings is 1. The molecular formula is C17H17N5O3S2. The molecule has 0 fully saturated rings. The molecule has 0 saturated carbocycles. The summed E-state index contributed by atoms with van der Waals surface area (Å²) in [5, 5.41) is 12.8. The zero-order valence-electron chi connectivity index (χ0n) is 14.6. The number of thiophene rings is 1. The Hall–Kier alpha value is -2.82. The molecule has 10 heteroatoms. The van der Waals surface area contributed by atoms with Gasteiger partial charge >= 0.3 is 0 Å². The summed E-state index contributed by atoms with van der Waals surface area (Å²) in [4.78, 5) is 13.3. The van der Waals surface area contributed by atoms with Gasteiger partial charge in [0, 0.05) is 25.2 Å². The predicted octanol–water partition coefficient (Wildman–Crippen LogP) is 2.15. The van der Waals surface area contributed by atoms with Gasteiger partial charge in [-0.2, -0.15) is 10.2 Å². The molecule has 0 aliphatic carbocycles. The maximum Gasteiger partial charge on any atom is 0.271 e. The number of hydrogen-bond donors (Lipinski definition) is 2. The Balaban J connectivity index is 1.74. The first-order valence-electron chi connectivity index (χ1n) is 7.83. The molecule has 8 nitrogen and oxygen atoms in total. The zero-order chi connectivity index (χ0) is 19.4. The van der Waals surface area contributed by atoms with Crippen molar-refractivity contribution in [1.82, 2.24) is 19.9 Å². The average molecular weight is 403 g/mol. The normalized spacial score (nSPS) is 12.0. The van der Waals surface area contributed by atoms with Gasteiger partial charge in [0.25, 0.3) is 5.91 Å². The molecule has 140 valence electrons. The number of nitrogens with zero attached hydrogens (tertiary/aromatic N) is 3. The van der Waals surface area contributed by atoms with E-state index in [1.165, 1.54) is 44.6 Å². The summed E-state index contributed by atoms with van der Waals surface area (Å²) in [6.45, 7) is 0. The van der Waals surface area contributed by atoms with Gasteiger partial charge in [0.1, 0.15) is 0 Å². The molecule has 0 bridgehead atoms. The molecule has 0 aliphatic rings. The van der Waals surface area contributed by atoms with E-state index in [-0.39, 0.29) is 10.5 Å². The molecule has 0 radical (unpaired) electrons. The molecule has 0 atom stereocenters. The van der Waals surface area contributed by atoms with E-state index in [4.69, 9.17) is 0 Å². The number of hydrogen-bond acceptors (Lipinski definition) is 6. The largest absolute Gasteiger partial charge is 0.276 e. The van der Waals surface area contributed by atoms with Crippen LogP contribution in [0.1, 0.15) is 15.9 Å². The number of hydrazone groups is 1. The molecule has 0 unspecified atom stereocenters. The first-order chi connectivity index (χ1) is 12.9. The molecule has 3 rings (SSSR count). The van der Waals surface area contributed by atoms with Gasteiger partial charge in [0.05, 0.1) is 27.9 Å². The number of H-pyrrole nitrogens is 1. The third kappa shape index (κ3) is 4.13. The lowest BCUT2D eigenvalue weighted by Crippen LogP contribution is -2.23. The molecular weight excluding hydrogens is 386 g/mol. The average Bonchev–Trinajstić information content (AvgIpc) is 3.33. The molecule has 2 N–H and O–H groups in total. The van der Waals surface area contributed by atoms with Crippen LogP contribution in [0, 0.1) is 0 Å². The Morgan fingerprint density at radius 3 is 2.81 bits per heavy atom. The zero-order valence-corrected chi connectivity index (χ0v) is 16.2. The van der Waals surface area contributed by atoms with Gasteiger partial charge in [-0.15, -0.1) is 11.3 Å². The quantitative estimate of drug-likeness (QED) is 0.486. The fourth-order valence-corrected chi connectivity index (χ4v) is 3.94. The minimum Gasteiger partial charge on any atom is -0.276 e. The first kappa shape index (κ1) is 19.0. The maximum atomic E-state index is 12.3. The van der Waals surface area contributed by atoms with Crippen molar-refractivity contribution in [3.05, 3.63) is 59.1 Å². The molecule has 3 aromatic rings. The van der Waals surface area contributed by atoms with Crippen LogP contribution in [0.2, 0.25) is 0 Å². The van der Waals surface area contributed by atoms with Crippen LogP contribution in [-0.4, -0.2) is 49.1 Å². The molecule has 0 aliphatic heterocycles. The Morgan fingerprint density at radius 2 is 2.11 bits per heavy atom. The summed E-state index contributed by atoms with van der Waals surface area (Å²) in [5.74, 6) is -0.511. The Bertz CT molecular complexity index is 1070. The van der Waals surface area contributed by atoms with Crippen molar-refractivity contribution in [2.24, 2.45) is 5.10 Å². The van der Waals surface area contributed by atoms with Crippen LogP contribution in [0.15, 0.2) is 58.0 Å². The highest BCUT2D eigenvalue weighted by atomic mass is 32.2. The van der Waals surface area contributed by atoms with E-state index in [2.05, 4.69) is 20.7 Å². The highest BCUT2D eigenvalue weighted by Gasteiger charge is 2.18. The van der Waals surface area contributed by atoms with Crippen molar-refractivity contribution in [3.8, 4) is 10.6 Å². The number of carbonyl (C=O) groups excluding carboxylic acids is 1. The summed E-state index contributed by atoms with van der Waals surface area (Å²) in [6, 6.07) is 9.67. The summed E-state index contributed by atoms with van der Waals surface area (Å²) >= 11 is 1.56. The molecule has 1 amide bonds. The third-order valence-corrected chi connectivity index (χ3v) is 6.38. The number of rotatable bonds is 6. The molecule has 2 heterocycles. The number of sulfonamides is 1. The highest BCUT2D eigenvalue weighted by molar-refractivity contribution is 7.89. The first-order valence-corrected chi connectivity index (χ1v) is 10.1. The van der Waals surface area contributed by atoms with Gasteiger partial charge in [-0.3, -0.25) is 9.89 Å². The smallest absolute Gasteiger partial charge is 0.271 e. The second-order valence-corrected chi connectivity index (χ2v) is 8.79. The van der Waals surface area contributed by atoms with Crippen molar-refractivity contribution in [3.63, 3.8) is 0 Å². The van der Waals surface area contributed by atoms with E-state index in [0.717, 1.165) is 20.4 Å². The maximum absolute atomic E-state index is 12.3. The number of amides is 1. The summed E-state index contributed by atoms with van der Waals surface area (Å²) in [7, 11) is -0.750. The number of nitrogens with one attached hydrogen (secondary N) is 2. The summed E-state index contributed by atoms with van der Waals surface area (Å²) < 4.78 is 25.5. The Kier molecular flexibility index (Phi) is 5.49. The molecule has 1 aromatic carbocycles. The van der Waals surface area contributed by atoms with E-state index >= 15 is 0 Å². The predicted molar refractivity (Wildman–Crippen MR) is 104 cm³/mol. The van der Waals surface area contributed by atoms with Crippen molar-refractivity contribution in [1.29, 1.82) is 0 Å². The van der Waals surface area contributed by atoms with Gasteiger partial charge in [0.15, 0.2) is 0 Å². The van der Waals surface area contributed by atoms with Crippen LogP contribution in [0.3, 0.4) is 0 Å². The van der Waals surface area contributed by atoms with Crippen LogP contribution in [-0.2, 0) is 10.0 Å². The van der Waals surface area contributed by atoms with Crippen LogP contribution < -0.4 is 5.43 Å². The topological polar surface area (TPSA) is 108 Å². The highest BCUT2D eigenvalue weighted by Crippen LogP contribution is 2.24. The van der Waals surface area contributed by atoms with Crippen molar-refractivity contribution in [2.75, 3.05) is 14.1 Å². The molecule has 0 spiro atoms. The Morgan fingerprint density at radius 1 is 1.30 bits per heavy atom. The van der Waals surface area contributed by atoms with E-state index in [1.54, 1.807) is 17.5 Å². The van der Waals surface area contributed by atoms with Crippen LogP contribution in [0.4, 0.5) is 0 Å². The fourth-order valence-electron chi connectivity index (χ4n) is 2.25. The lowest BCUT2D eigenvalue weighted by atomic mass is 10.2. The lowest BCUT2D eigenvalue weighted by molar-refractivity contribution is 0.0955. The van der Waals surface area contributed by atoms with Crippen molar-refractivity contribution >= 4 is 33.5 Å². The van der Waals surface area contributed by atoms with Crippen LogP contribution >= 0.6 is 11.3 Å². The second kappa shape index (κ2) is 7.82. The standard InChI is InChI=1S/C17H17N5O3S2/c1-22(2)27(24,25)14-6-3-5-12(9-14)17(23)21-19-11-13-10-18-20-16(13)15-7-4-8-26-15/h3-11H,1-2H3,(H,18,20)(H,21,23)/b19-11+. The van der Waals surface area contributed by atoms with E-state index < -0.39 is 15.9 Å². The summed E-state index contributed by atoms with van der Waals surface area (Å²) in [6.07, 6.45) is 3.09. The van der Waals surface area contributed by atoms with E-state index in [9.17, 15) is 13.2 Å². The van der Waals surface area contributed by atoms with Crippen molar-refractivity contribution < 1.29 is 13.2 Å². The summed E-state index contributed by atoms with van der Waals surface area (Å²) in [5.41, 5.74) is 4.13. The monoisotopic (exact) mass is 403 g/mol. The molecule has 0 saturated heterocycles. The van der Waals surface area contributed by atoms with Gasteiger partial charge in [0.2, 0.25) is 10.0 Å². The van der Waals surface area contributed by atoms with Crippen LogP contribution in [0.5, 0.6) is 0 Å². The number of aromatic amines is 1. The van der Waals surface area contributed by atoms with E-state index in [1.807, 2.05) is 17.5 Å². The van der Waals surface area contributed by atoms with Gasteiger partial charge in [-0.05, 0) is 29.6 Å². The van der Waals surface area contributed by atoms with Gasteiger partial charge in [-0.1, -0.05) is 12.1 Å². The van der Waals surface area contributed by atoms with Gasteiger partial charge < -0.3 is 0 Å². The van der Waals surface area contributed by atoms with Crippen LogP contribution in [0.25, 0.3) is 10.6 Å². The van der Waals surface area contributed by atoms with Crippen molar-refractivity contribution in [2.45, 2.75) is 4.90 Å². The van der Waals surface area contributed by atoms with Gasteiger partial charge in [-0.25, -0.2) is 18.1 Å². The minimum absolute atomic E-state index is 0.0407. The fraction of sp³-hybridized carbons (Fsp3) is 0.118. The molecule has 27 heavy (non-hydrogen) atoms. The lowest BCUT2D eigenvalue weighted by Gasteiger charge is -2.11. The minimum atomic E-state index is -3.62. The second-order valence-electron chi connectivity index (χ2n) is 5.69. The number of carbonyl (C=O) groups is 1. The molecule has 2 aromatic heterocycles.